The lowest BCUT2D eigenvalue weighted by Gasteiger charge is -2.05. The Morgan fingerprint density at radius 2 is 2.04 bits per heavy atom. The van der Waals surface area contributed by atoms with Crippen molar-refractivity contribution in [1.82, 2.24) is 10.2 Å². The first-order valence-electron chi connectivity index (χ1n) is 7.97. The molecular formula is C19H15I2N5O. The van der Waals surface area contributed by atoms with Crippen molar-refractivity contribution in [2.75, 3.05) is 5.32 Å². The van der Waals surface area contributed by atoms with Crippen LogP contribution in [0.1, 0.15) is 22.3 Å². The van der Waals surface area contributed by atoms with E-state index >= 15 is 0 Å². The minimum Gasteiger partial charge on any atom is -0.507 e. The molecular weight excluding hydrogens is 568 g/mol. The zero-order chi connectivity index (χ0) is 19.2. The smallest absolute Gasteiger partial charge is 0.193 e. The van der Waals surface area contributed by atoms with Crippen LogP contribution in [0.15, 0.2) is 47.5 Å². The first-order valence-corrected chi connectivity index (χ1v) is 11.0. The Morgan fingerprint density at radius 3 is 2.78 bits per heavy atom. The van der Waals surface area contributed by atoms with E-state index in [1.165, 1.54) is 5.56 Å². The number of phenols is 1. The second-order valence-corrected chi connectivity index (χ2v) is 7.14. The molecule has 0 bridgehead atoms. The number of benzene rings is 2. The minimum atomic E-state index is 0.149. The van der Waals surface area contributed by atoms with Gasteiger partial charge in [-0.2, -0.15) is 10.4 Å². The van der Waals surface area contributed by atoms with Crippen LogP contribution in [0.4, 0.5) is 17.3 Å². The van der Waals surface area contributed by atoms with Crippen LogP contribution in [0.5, 0.6) is 5.75 Å². The van der Waals surface area contributed by atoms with Crippen LogP contribution >= 0.6 is 45.2 Å². The molecule has 0 amide bonds. The van der Waals surface area contributed by atoms with Crippen molar-refractivity contribution >= 4 is 68.7 Å². The molecule has 0 saturated carbocycles. The highest BCUT2D eigenvalue weighted by atomic mass is 127. The maximum absolute atomic E-state index is 10.1. The van der Waals surface area contributed by atoms with Gasteiger partial charge in [0.1, 0.15) is 23.2 Å². The average molecular weight is 583 g/mol. The zero-order valence-electron chi connectivity index (χ0n) is 14.1. The predicted octanol–water partition coefficient (Wildman–Crippen LogP) is 5.35. The van der Waals surface area contributed by atoms with E-state index in [2.05, 4.69) is 71.8 Å². The third kappa shape index (κ3) is 4.59. The SMILES string of the molecule is N#Cc1c(N=Cc2c(O)cccc2CI)n[nH]c1Nc1cccc(CI)c1. The molecule has 136 valence electrons. The third-order valence-corrected chi connectivity index (χ3v) is 5.55. The summed E-state index contributed by atoms with van der Waals surface area (Å²) in [6.45, 7) is 0. The summed E-state index contributed by atoms with van der Waals surface area (Å²) >= 11 is 4.53. The molecule has 8 heteroatoms. The van der Waals surface area contributed by atoms with Crippen molar-refractivity contribution in [2.24, 2.45) is 4.99 Å². The van der Waals surface area contributed by atoms with E-state index < -0.39 is 0 Å². The lowest BCUT2D eigenvalue weighted by molar-refractivity contribution is 0.474. The highest BCUT2D eigenvalue weighted by molar-refractivity contribution is 14.1. The van der Waals surface area contributed by atoms with Gasteiger partial charge in [0.15, 0.2) is 5.82 Å². The molecule has 3 rings (SSSR count). The van der Waals surface area contributed by atoms with E-state index in [1.54, 1.807) is 18.3 Å². The number of nitrogens with one attached hydrogen (secondary N) is 2. The summed E-state index contributed by atoms with van der Waals surface area (Å²) in [5.74, 6) is 0.908. The highest BCUT2D eigenvalue weighted by Gasteiger charge is 2.13. The number of anilines is 2. The van der Waals surface area contributed by atoms with Gasteiger partial charge in [0.2, 0.25) is 0 Å². The molecule has 0 aliphatic heterocycles. The Labute approximate surface area is 184 Å². The van der Waals surface area contributed by atoms with Crippen LogP contribution in [0.3, 0.4) is 0 Å². The number of nitrogens with zero attached hydrogens (tertiary/aromatic N) is 3. The summed E-state index contributed by atoms with van der Waals surface area (Å²) in [6.07, 6.45) is 1.54. The van der Waals surface area contributed by atoms with Gasteiger partial charge < -0.3 is 10.4 Å². The molecule has 0 radical (unpaired) electrons. The van der Waals surface area contributed by atoms with E-state index in [0.29, 0.717) is 16.9 Å². The van der Waals surface area contributed by atoms with Crippen molar-refractivity contribution in [3.8, 4) is 11.8 Å². The lowest BCUT2D eigenvalue weighted by Crippen LogP contribution is -1.93. The number of halogens is 2. The van der Waals surface area contributed by atoms with Gasteiger partial charge in [-0.1, -0.05) is 69.4 Å². The molecule has 1 heterocycles. The fourth-order valence-corrected chi connectivity index (χ4v) is 3.63. The number of aliphatic imine (C=N–C) groups is 1. The molecule has 6 nitrogen and oxygen atoms in total. The van der Waals surface area contributed by atoms with Gasteiger partial charge in [0.05, 0.1) is 0 Å². The molecule has 0 aliphatic rings. The van der Waals surface area contributed by atoms with Crippen molar-refractivity contribution in [3.05, 3.63) is 64.7 Å². The number of nitriles is 1. The monoisotopic (exact) mass is 583 g/mol. The van der Waals surface area contributed by atoms with Crippen LogP contribution in [-0.2, 0) is 8.86 Å². The maximum Gasteiger partial charge on any atom is 0.193 e. The lowest BCUT2D eigenvalue weighted by atomic mass is 10.1. The van der Waals surface area contributed by atoms with Crippen LogP contribution in [0.2, 0.25) is 0 Å². The molecule has 3 aromatic rings. The van der Waals surface area contributed by atoms with Crippen molar-refractivity contribution < 1.29 is 5.11 Å². The molecule has 0 fully saturated rings. The Kier molecular flexibility index (Phi) is 6.68. The van der Waals surface area contributed by atoms with Crippen LogP contribution in [0.25, 0.3) is 0 Å². The molecule has 27 heavy (non-hydrogen) atoms. The van der Waals surface area contributed by atoms with E-state index in [1.807, 2.05) is 30.3 Å². The quantitative estimate of drug-likeness (QED) is 0.207. The molecule has 0 spiro atoms. The number of hydrogen-bond acceptors (Lipinski definition) is 5. The van der Waals surface area contributed by atoms with E-state index in [0.717, 1.165) is 20.1 Å². The second kappa shape index (κ2) is 9.18. The first kappa shape index (κ1) is 19.6. The van der Waals surface area contributed by atoms with Gasteiger partial charge in [-0.25, -0.2) is 4.99 Å². The van der Waals surface area contributed by atoms with Gasteiger partial charge in [-0.3, -0.25) is 5.10 Å². The van der Waals surface area contributed by atoms with Crippen LogP contribution < -0.4 is 5.32 Å². The number of rotatable bonds is 6. The first-order chi connectivity index (χ1) is 13.2. The predicted molar refractivity (Wildman–Crippen MR) is 124 cm³/mol. The molecule has 0 atom stereocenters. The maximum atomic E-state index is 10.1. The molecule has 0 saturated heterocycles. The Bertz CT molecular complexity index is 1020. The number of aromatic amines is 1. The van der Waals surface area contributed by atoms with Gasteiger partial charge in [-0.05, 0) is 29.3 Å². The third-order valence-electron chi connectivity index (χ3n) is 3.84. The number of aromatic hydroxyl groups is 1. The van der Waals surface area contributed by atoms with Gasteiger partial charge in [0.25, 0.3) is 0 Å². The number of H-pyrrole nitrogens is 1. The Balaban J connectivity index is 1.90. The van der Waals surface area contributed by atoms with Crippen molar-refractivity contribution in [2.45, 2.75) is 8.86 Å². The number of hydrogen-bond donors (Lipinski definition) is 3. The number of phenolic OH excluding ortho intramolecular Hbond substituents is 1. The second-order valence-electron chi connectivity index (χ2n) is 5.61. The summed E-state index contributed by atoms with van der Waals surface area (Å²) in [7, 11) is 0. The molecule has 1 aromatic heterocycles. The Morgan fingerprint density at radius 1 is 1.22 bits per heavy atom. The van der Waals surface area contributed by atoms with Crippen LogP contribution in [-0.4, -0.2) is 21.5 Å². The molecule has 0 aliphatic carbocycles. The van der Waals surface area contributed by atoms with Gasteiger partial charge >= 0.3 is 0 Å². The number of alkyl halides is 2. The van der Waals surface area contributed by atoms with E-state index in [9.17, 15) is 10.4 Å². The highest BCUT2D eigenvalue weighted by Crippen LogP contribution is 2.27. The summed E-state index contributed by atoms with van der Waals surface area (Å²) in [5.41, 5.74) is 3.96. The molecule has 2 aromatic carbocycles. The summed E-state index contributed by atoms with van der Waals surface area (Å²) < 4.78 is 1.63. The van der Waals surface area contributed by atoms with Gasteiger partial charge in [-0.15, -0.1) is 0 Å². The van der Waals surface area contributed by atoms with E-state index in [4.69, 9.17) is 0 Å². The summed E-state index contributed by atoms with van der Waals surface area (Å²) in [4.78, 5) is 4.32. The molecule has 3 N–H and O–H groups in total. The van der Waals surface area contributed by atoms with Crippen molar-refractivity contribution in [1.29, 1.82) is 5.26 Å². The Hall–Kier alpha value is -2.13. The fraction of sp³-hybridized carbons (Fsp3) is 0.105. The normalized spacial score (nSPS) is 10.9. The standard InChI is InChI=1S/C19H15I2N5O/c20-8-12-3-1-5-14(7-12)24-19-15(10-22)18(25-26-19)23-11-16-13(9-21)4-2-6-17(16)27/h1-7,11,27H,8-9H2,(H2,24,25,26). The fourth-order valence-electron chi connectivity index (χ4n) is 2.49. The minimum absolute atomic E-state index is 0.149. The van der Waals surface area contributed by atoms with Crippen LogP contribution in [0, 0.1) is 11.3 Å². The van der Waals surface area contributed by atoms with E-state index in [-0.39, 0.29) is 11.6 Å². The summed E-state index contributed by atoms with van der Waals surface area (Å²) in [5, 5.41) is 29.8. The molecule has 0 unspecified atom stereocenters. The number of aromatic nitrogens is 2. The van der Waals surface area contributed by atoms with Gasteiger partial charge in [0, 0.05) is 26.3 Å². The summed E-state index contributed by atoms with van der Waals surface area (Å²) in [6, 6.07) is 15.4. The zero-order valence-corrected chi connectivity index (χ0v) is 18.4. The average Bonchev–Trinajstić information content (AvgIpc) is 3.08. The van der Waals surface area contributed by atoms with Crippen molar-refractivity contribution in [3.63, 3.8) is 0 Å². The largest absolute Gasteiger partial charge is 0.507 e. The topological polar surface area (TPSA) is 97.1 Å².